The molecular weight excluding hydrogens is 320 g/mol. The lowest BCUT2D eigenvalue weighted by molar-refractivity contribution is 0.245. The van der Waals surface area contributed by atoms with Crippen LogP contribution in [-0.2, 0) is 6.61 Å². The zero-order valence-corrected chi connectivity index (χ0v) is 13.5. The van der Waals surface area contributed by atoms with Crippen LogP contribution in [0.1, 0.15) is 36.9 Å². The minimum Gasteiger partial charge on any atom is -0.485 e. The van der Waals surface area contributed by atoms with E-state index in [1.54, 1.807) is 0 Å². The molecule has 0 bridgehead atoms. The van der Waals surface area contributed by atoms with E-state index in [2.05, 4.69) is 46.3 Å². The smallest absolute Gasteiger partial charge is 0.174 e. The van der Waals surface area contributed by atoms with Gasteiger partial charge in [-0.1, -0.05) is 34.1 Å². The number of benzene rings is 1. The summed E-state index contributed by atoms with van der Waals surface area (Å²) >= 11 is 3.48. The lowest BCUT2D eigenvalue weighted by atomic mass is 10.1. The van der Waals surface area contributed by atoms with Crippen molar-refractivity contribution in [3.05, 3.63) is 45.8 Å². The van der Waals surface area contributed by atoms with Crippen molar-refractivity contribution in [3.63, 3.8) is 0 Å². The first-order chi connectivity index (χ1) is 9.60. The van der Waals surface area contributed by atoms with Gasteiger partial charge in [0.1, 0.15) is 12.4 Å². The summed E-state index contributed by atoms with van der Waals surface area (Å²) in [5, 5.41) is 7.25. The van der Waals surface area contributed by atoms with E-state index in [9.17, 15) is 0 Å². The highest BCUT2D eigenvalue weighted by Gasteiger charge is 2.12. The minimum atomic E-state index is 0.236. The Hall–Kier alpha value is -1.33. The molecule has 20 heavy (non-hydrogen) atoms. The maximum atomic E-state index is 5.88. The summed E-state index contributed by atoms with van der Waals surface area (Å²) in [6.45, 7) is 7.40. The van der Waals surface area contributed by atoms with Crippen molar-refractivity contribution in [2.45, 2.75) is 33.4 Å². The predicted molar refractivity (Wildman–Crippen MR) is 81.8 cm³/mol. The summed E-state index contributed by atoms with van der Waals surface area (Å²) in [4.78, 5) is 0. The number of halogens is 1. The largest absolute Gasteiger partial charge is 0.485 e. The number of hydrogen-bond acceptors (Lipinski definition) is 4. The number of nitrogens with zero attached hydrogens (tertiary/aromatic N) is 1. The van der Waals surface area contributed by atoms with Crippen molar-refractivity contribution < 1.29 is 9.26 Å². The Bertz CT molecular complexity index is 569. The van der Waals surface area contributed by atoms with Gasteiger partial charge in [0.2, 0.25) is 0 Å². The molecule has 0 amide bonds. The molecular formula is C15H19BrN2O2. The first-order valence-corrected chi connectivity index (χ1v) is 7.47. The highest BCUT2D eigenvalue weighted by molar-refractivity contribution is 9.10. The van der Waals surface area contributed by atoms with Gasteiger partial charge in [0.15, 0.2) is 5.76 Å². The fourth-order valence-electron chi connectivity index (χ4n) is 2.04. The van der Waals surface area contributed by atoms with Crippen LogP contribution in [0.2, 0.25) is 0 Å². The molecule has 1 aromatic heterocycles. The molecule has 2 rings (SSSR count). The van der Waals surface area contributed by atoms with E-state index in [0.29, 0.717) is 6.61 Å². The SMILES string of the molecule is CCNC(C)c1ccc(Br)cc1OCc1cc(C)no1. The Labute approximate surface area is 127 Å². The Morgan fingerprint density at radius 1 is 1.40 bits per heavy atom. The van der Waals surface area contributed by atoms with Crippen LogP contribution in [-0.4, -0.2) is 11.7 Å². The number of aromatic nitrogens is 1. The second-order valence-corrected chi connectivity index (χ2v) is 5.60. The number of ether oxygens (including phenoxy) is 1. The standard InChI is InChI=1S/C15H19BrN2O2/c1-4-17-11(3)14-6-5-12(16)8-15(14)19-9-13-7-10(2)18-20-13/h5-8,11,17H,4,9H2,1-3H3. The van der Waals surface area contributed by atoms with E-state index < -0.39 is 0 Å². The van der Waals surface area contributed by atoms with Crippen molar-refractivity contribution in [3.8, 4) is 5.75 Å². The summed E-state index contributed by atoms with van der Waals surface area (Å²) in [6.07, 6.45) is 0. The minimum absolute atomic E-state index is 0.236. The average Bonchev–Trinajstić information content (AvgIpc) is 2.82. The lowest BCUT2D eigenvalue weighted by Crippen LogP contribution is -2.18. The van der Waals surface area contributed by atoms with Crippen LogP contribution in [0.15, 0.2) is 33.3 Å². The monoisotopic (exact) mass is 338 g/mol. The molecule has 0 fully saturated rings. The van der Waals surface area contributed by atoms with Crippen LogP contribution in [0.3, 0.4) is 0 Å². The molecule has 4 nitrogen and oxygen atoms in total. The van der Waals surface area contributed by atoms with E-state index in [4.69, 9.17) is 9.26 Å². The molecule has 0 aliphatic rings. The second-order valence-electron chi connectivity index (χ2n) is 4.68. The van der Waals surface area contributed by atoms with E-state index in [1.807, 2.05) is 25.1 Å². The molecule has 0 saturated heterocycles. The van der Waals surface area contributed by atoms with Gasteiger partial charge in [-0.2, -0.15) is 0 Å². The Morgan fingerprint density at radius 2 is 2.20 bits per heavy atom. The van der Waals surface area contributed by atoms with Crippen LogP contribution in [0, 0.1) is 6.92 Å². The fraction of sp³-hybridized carbons (Fsp3) is 0.400. The normalized spacial score (nSPS) is 12.4. The topological polar surface area (TPSA) is 47.3 Å². The number of hydrogen-bond donors (Lipinski definition) is 1. The van der Waals surface area contributed by atoms with Gasteiger partial charge >= 0.3 is 0 Å². The van der Waals surface area contributed by atoms with Gasteiger partial charge in [-0.3, -0.25) is 0 Å². The van der Waals surface area contributed by atoms with Gasteiger partial charge in [-0.25, -0.2) is 0 Å². The molecule has 5 heteroatoms. The lowest BCUT2D eigenvalue weighted by Gasteiger charge is -2.17. The highest BCUT2D eigenvalue weighted by atomic mass is 79.9. The summed E-state index contributed by atoms with van der Waals surface area (Å²) in [7, 11) is 0. The van der Waals surface area contributed by atoms with E-state index in [1.165, 1.54) is 0 Å². The molecule has 1 aromatic carbocycles. The van der Waals surface area contributed by atoms with Crippen molar-refractivity contribution in [2.75, 3.05) is 6.54 Å². The zero-order chi connectivity index (χ0) is 14.5. The van der Waals surface area contributed by atoms with Gasteiger partial charge in [-0.05, 0) is 32.5 Å². The van der Waals surface area contributed by atoms with Crippen molar-refractivity contribution >= 4 is 15.9 Å². The Balaban J connectivity index is 2.14. The van der Waals surface area contributed by atoms with Crippen molar-refractivity contribution in [1.29, 1.82) is 0 Å². The number of rotatable bonds is 6. The summed E-state index contributed by atoms with van der Waals surface area (Å²) < 4.78 is 12.0. The third-order valence-electron chi connectivity index (χ3n) is 3.00. The molecule has 1 atom stereocenters. The molecule has 0 radical (unpaired) electrons. The molecule has 1 N–H and O–H groups in total. The second kappa shape index (κ2) is 6.90. The van der Waals surface area contributed by atoms with Gasteiger partial charge < -0.3 is 14.6 Å². The fourth-order valence-corrected chi connectivity index (χ4v) is 2.38. The van der Waals surface area contributed by atoms with Crippen LogP contribution in [0.4, 0.5) is 0 Å². The zero-order valence-electron chi connectivity index (χ0n) is 11.9. The Morgan fingerprint density at radius 3 is 2.85 bits per heavy atom. The van der Waals surface area contributed by atoms with Crippen LogP contribution in [0.25, 0.3) is 0 Å². The van der Waals surface area contributed by atoms with Gasteiger partial charge in [0, 0.05) is 22.1 Å². The molecule has 1 heterocycles. The van der Waals surface area contributed by atoms with Gasteiger partial charge in [0.25, 0.3) is 0 Å². The summed E-state index contributed by atoms with van der Waals surface area (Å²) in [5.41, 5.74) is 1.99. The van der Waals surface area contributed by atoms with Crippen LogP contribution >= 0.6 is 15.9 Å². The third kappa shape index (κ3) is 3.84. The third-order valence-corrected chi connectivity index (χ3v) is 3.49. The molecule has 1 unspecified atom stereocenters. The predicted octanol–water partition coefficient (Wildman–Crippen LogP) is 4.00. The number of nitrogens with one attached hydrogen (secondary N) is 1. The van der Waals surface area contributed by atoms with Crippen molar-refractivity contribution in [2.24, 2.45) is 0 Å². The van der Waals surface area contributed by atoms with E-state index >= 15 is 0 Å². The molecule has 0 spiro atoms. The summed E-state index contributed by atoms with van der Waals surface area (Å²) in [5.74, 6) is 1.58. The van der Waals surface area contributed by atoms with Crippen LogP contribution < -0.4 is 10.1 Å². The van der Waals surface area contributed by atoms with Crippen LogP contribution in [0.5, 0.6) is 5.75 Å². The summed E-state index contributed by atoms with van der Waals surface area (Å²) in [6, 6.07) is 8.18. The average molecular weight is 339 g/mol. The Kier molecular flexibility index (Phi) is 5.20. The van der Waals surface area contributed by atoms with Crippen molar-refractivity contribution in [1.82, 2.24) is 10.5 Å². The van der Waals surface area contributed by atoms with E-state index in [-0.39, 0.29) is 6.04 Å². The molecule has 2 aromatic rings. The van der Waals surface area contributed by atoms with E-state index in [0.717, 1.165) is 33.8 Å². The molecule has 0 aliphatic carbocycles. The molecule has 0 saturated carbocycles. The number of aryl methyl sites for hydroxylation is 1. The first-order valence-electron chi connectivity index (χ1n) is 6.68. The molecule has 108 valence electrons. The maximum Gasteiger partial charge on any atom is 0.174 e. The quantitative estimate of drug-likeness (QED) is 0.864. The molecule has 0 aliphatic heterocycles. The highest BCUT2D eigenvalue weighted by Crippen LogP contribution is 2.29. The first kappa shape index (κ1) is 15.1. The maximum absolute atomic E-state index is 5.88. The van der Waals surface area contributed by atoms with Gasteiger partial charge in [-0.15, -0.1) is 0 Å². The van der Waals surface area contributed by atoms with Gasteiger partial charge in [0.05, 0.1) is 5.69 Å².